The highest BCUT2D eigenvalue weighted by atomic mass is 35.5. The van der Waals surface area contributed by atoms with Gasteiger partial charge in [-0.05, 0) is 43.2 Å². The number of rotatable bonds is 10. The minimum Gasteiger partial charge on any atom is -0.494 e. The summed E-state index contributed by atoms with van der Waals surface area (Å²) in [6.45, 7) is 0.973. The molecule has 1 aliphatic rings. The molecule has 0 aliphatic heterocycles. The van der Waals surface area contributed by atoms with E-state index in [1.807, 2.05) is 0 Å². The van der Waals surface area contributed by atoms with Gasteiger partial charge in [-0.3, -0.25) is 24.5 Å². The number of nitrogens with zero attached hydrogens (tertiary/aromatic N) is 3. The van der Waals surface area contributed by atoms with Gasteiger partial charge in [0, 0.05) is 30.4 Å². The molecular weight excluding hydrogens is 630 g/mol. The molecule has 1 aromatic heterocycles. The Morgan fingerprint density at radius 3 is 2.26 bits per heavy atom. The third kappa shape index (κ3) is 10.2. The van der Waals surface area contributed by atoms with E-state index in [-0.39, 0.29) is 46.3 Å². The van der Waals surface area contributed by atoms with Crippen molar-refractivity contribution in [2.45, 2.75) is 24.9 Å². The molecule has 0 radical (unpaired) electrons. The molecule has 0 unspecified atom stereocenters. The molecule has 4 N–H and O–H groups in total. The smallest absolute Gasteiger partial charge is 0.292 e. The van der Waals surface area contributed by atoms with Crippen molar-refractivity contribution in [1.29, 1.82) is 0 Å². The number of halogens is 3. The van der Waals surface area contributed by atoms with Crippen molar-refractivity contribution in [2.75, 3.05) is 47.3 Å². The summed E-state index contributed by atoms with van der Waals surface area (Å²) in [5.41, 5.74) is 0.785. The van der Waals surface area contributed by atoms with E-state index in [0.29, 0.717) is 23.8 Å². The molecule has 4 rings (SSSR count). The highest BCUT2D eigenvalue weighted by molar-refractivity contribution is 6.34. The molecule has 3 aromatic rings. The van der Waals surface area contributed by atoms with Gasteiger partial charge in [-0.25, -0.2) is 9.37 Å². The van der Waals surface area contributed by atoms with Crippen molar-refractivity contribution >= 4 is 42.0 Å². The monoisotopic (exact) mass is 667 g/mol. The molecule has 1 heterocycles. The normalized spacial score (nSPS) is 15.1. The number of hydrogen-bond donors (Lipinski definition) is 4. The predicted molar refractivity (Wildman–Crippen MR) is 167 cm³/mol. The van der Waals surface area contributed by atoms with E-state index < -0.39 is 17.5 Å². The summed E-state index contributed by atoms with van der Waals surface area (Å²) in [5.74, 6) is -3.37. The third-order valence-electron chi connectivity index (χ3n) is 6.63. The number of ether oxygens (including phenoxy) is 2. The van der Waals surface area contributed by atoms with E-state index in [0.717, 1.165) is 24.0 Å². The van der Waals surface area contributed by atoms with Crippen molar-refractivity contribution in [1.82, 2.24) is 20.2 Å². The third-order valence-corrected chi connectivity index (χ3v) is 6.94. The minimum absolute atomic E-state index is 0.0306. The van der Waals surface area contributed by atoms with Gasteiger partial charge in [0.25, 0.3) is 24.8 Å². The maximum Gasteiger partial charge on any atom is 0.292 e. The Kier molecular flexibility index (Phi) is 14.0. The van der Waals surface area contributed by atoms with Crippen LogP contribution in [0.4, 0.5) is 14.5 Å². The van der Waals surface area contributed by atoms with Crippen LogP contribution in [0.15, 0.2) is 36.5 Å². The second kappa shape index (κ2) is 17.2. The van der Waals surface area contributed by atoms with Crippen LogP contribution in [-0.2, 0) is 21.4 Å². The fraction of sp³-hybridized carbons (Fsp3) is 0.367. The first-order chi connectivity index (χ1) is 21.7. The summed E-state index contributed by atoms with van der Waals surface area (Å²) in [4.78, 5) is 47.0. The number of hydrogen-bond acceptors (Lipinski definition) is 8. The lowest BCUT2D eigenvalue weighted by molar-refractivity contribution is -0.873. The van der Waals surface area contributed by atoms with E-state index >= 15 is 0 Å². The lowest BCUT2D eigenvalue weighted by Gasteiger charge is -2.38. The summed E-state index contributed by atoms with van der Waals surface area (Å²) in [5, 5.41) is 16.2. The number of anilines is 1. The number of benzene rings is 2. The second-order valence-electron chi connectivity index (χ2n) is 11.0. The van der Waals surface area contributed by atoms with E-state index in [2.05, 4.69) is 46.8 Å². The van der Waals surface area contributed by atoms with Crippen molar-refractivity contribution < 1.29 is 47.0 Å². The van der Waals surface area contributed by atoms with Crippen LogP contribution in [0.3, 0.4) is 0 Å². The Bertz CT molecular complexity index is 1520. The van der Waals surface area contributed by atoms with Gasteiger partial charge in [0.1, 0.15) is 6.67 Å². The lowest BCUT2D eigenvalue weighted by atomic mass is 9.86. The van der Waals surface area contributed by atoms with Gasteiger partial charge >= 0.3 is 0 Å². The number of methoxy groups -OCH3 is 2. The topological polar surface area (TPSA) is 161 Å². The summed E-state index contributed by atoms with van der Waals surface area (Å²) in [6.07, 6.45) is 2.97. The standard InChI is InChI=1S/C27H31ClF2N6O3.C2H4O2.CH2O2/c1-35-21(19-8-9-22(39-5)24(30)23(19)29)13-31-25(35)27(38)33-15-6-7-18(20(28)12-15)26(37)34-17-10-16(11-17)32-14-36(2,3)4;1-4-2-3;2-1-3/h6-9,12-13,16-17,32H,10-11,14H2,1-5H3,(H-,33,34,37,38);2H,1H3;1H,(H,2,3)/p+1. The van der Waals surface area contributed by atoms with Gasteiger partial charge < -0.3 is 34.3 Å². The van der Waals surface area contributed by atoms with Gasteiger partial charge in [0.05, 0.1) is 57.8 Å². The largest absolute Gasteiger partial charge is 0.494 e. The lowest BCUT2D eigenvalue weighted by Crippen LogP contribution is -2.56. The molecular formula is C30H38ClF2N6O7+. The Balaban J connectivity index is 0.000000958. The minimum atomic E-state index is -1.13. The number of imidazole rings is 1. The van der Waals surface area contributed by atoms with E-state index in [1.165, 1.54) is 56.3 Å². The number of nitrogens with one attached hydrogen (secondary N) is 3. The Hall–Kier alpha value is -4.60. The van der Waals surface area contributed by atoms with Crippen LogP contribution in [0, 0.1) is 11.6 Å². The van der Waals surface area contributed by atoms with Crippen molar-refractivity contribution in [3.05, 3.63) is 64.6 Å². The van der Waals surface area contributed by atoms with Crippen LogP contribution in [0.5, 0.6) is 5.75 Å². The number of carbonyl (C=O) groups excluding carboxylic acids is 3. The summed E-state index contributed by atoms with van der Waals surface area (Å²) < 4.78 is 39.6. The van der Waals surface area contributed by atoms with Crippen LogP contribution >= 0.6 is 11.6 Å². The molecule has 1 fully saturated rings. The molecule has 1 aliphatic carbocycles. The number of carboxylic acid groups (broad SMARTS) is 1. The maximum atomic E-state index is 14.6. The van der Waals surface area contributed by atoms with Gasteiger partial charge in [0.2, 0.25) is 5.82 Å². The van der Waals surface area contributed by atoms with Gasteiger partial charge in [-0.1, -0.05) is 11.6 Å². The van der Waals surface area contributed by atoms with Crippen LogP contribution in [0.2, 0.25) is 5.02 Å². The molecule has 2 aromatic carbocycles. The quantitative estimate of drug-likeness (QED) is 0.145. The van der Waals surface area contributed by atoms with E-state index in [4.69, 9.17) is 31.0 Å². The summed E-state index contributed by atoms with van der Waals surface area (Å²) in [7, 11) is 10.4. The molecule has 2 amide bonds. The van der Waals surface area contributed by atoms with Crippen molar-refractivity contribution in [2.24, 2.45) is 7.05 Å². The average Bonchev–Trinajstić information content (AvgIpc) is 3.36. The summed E-state index contributed by atoms with van der Waals surface area (Å²) >= 11 is 6.36. The van der Waals surface area contributed by atoms with Gasteiger partial charge in [-0.2, -0.15) is 4.39 Å². The zero-order chi connectivity index (χ0) is 34.6. The zero-order valence-corrected chi connectivity index (χ0v) is 27.0. The van der Waals surface area contributed by atoms with Crippen LogP contribution < -0.4 is 20.7 Å². The fourth-order valence-electron chi connectivity index (χ4n) is 4.29. The highest BCUT2D eigenvalue weighted by Gasteiger charge is 2.31. The SMILES string of the molecule is COC=O.COc1ccc(-c2cnc(C(=O)Nc3ccc(C(=O)NC4CC(NC[N+](C)(C)C)C4)c(Cl)c3)n2C)c(F)c1F.O=CO. The first-order valence-corrected chi connectivity index (χ1v) is 14.1. The first kappa shape index (κ1) is 37.6. The van der Waals surface area contributed by atoms with Crippen molar-refractivity contribution in [3.8, 4) is 17.0 Å². The molecule has 16 heteroatoms. The van der Waals surface area contributed by atoms with Gasteiger partial charge in [-0.15, -0.1) is 0 Å². The molecule has 0 atom stereocenters. The van der Waals surface area contributed by atoms with E-state index in [1.54, 1.807) is 6.07 Å². The molecule has 250 valence electrons. The Morgan fingerprint density at radius 2 is 1.72 bits per heavy atom. The zero-order valence-electron chi connectivity index (χ0n) is 26.3. The highest BCUT2D eigenvalue weighted by Crippen LogP contribution is 2.30. The number of amides is 2. The molecule has 1 saturated carbocycles. The predicted octanol–water partition coefficient (Wildman–Crippen LogP) is 3.28. The Labute approximate surface area is 270 Å². The van der Waals surface area contributed by atoms with Crippen LogP contribution in [0.25, 0.3) is 11.3 Å². The number of quaternary nitrogens is 1. The first-order valence-electron chi connectivity index (χ1n) is 13.7. The summed E-state index contributed by atoms with van der Waals surface area (Å²) in [6, 6.07) is 7.67. The number of aromatic nitrogens is 2. The Morgan fingerprint density at radius 1 is 1.09 bits per heavy atom. The van der Waals surface area contributed by atoms with Crippen molar-refractivity contribution in [3.63, 3.8) is 0 Å². The molecule has 0 spiro atoms. The fourth-order valence-corrected chi connectivity index (χ4v) is 4.56. The van der Waals surface area contributed by atoms with Gasteiger partial charge in [0.15, 0.2) is 17.4 Å². The number of carbonyl (C=O) groups is 4. The van der Waals surface area contributed by atoms with Crippen LogP contribution in [0.1, 0.15) is 33.8 Å². The van der Waals surface area contributed by atoms with Crippen LogP contribution in [-0.4, -0.2) is 98.0 Å². The maximum absolute atomic E-state index is 14.6. The molecule has 46 heavy (non-hydrogen) atoms. The van der Waals surface area contributed by atoms with E-state index in [9.17, 15) is 18.4 Å². The molecule has 0 saturated heterocycles. The average molecular weight is 668 g/mol. The molecule has 13 nitrogen and oxygen atoms in total. The molecule has 0 bridgehead atoms. The second-order valence-corrected chi connectivity index (χ2v) is 11.5.